The van der Waals surface area contributed by atoms with Gasteiger partial charge in [0, 0.05) is 11.8 Å². The highest BCUT2D eigenvalue weighted by atomic mass is 32.1. The van der Waals surface area contributed by atoms with Crippen molar-refractivity contribution < 1.29 is 9.59 Å². The van der Waals surface area contributed by atoms with Gasteiger partial charge in [-0.3, -0.25) is 9.59 Å². The highest BCUT2D eigenvalue weighted by molar-refractivity contribution is 7.19. The van der Waals surface area contributed by atoms with Gasteiger partial charge in [0.1, 0.15) is 5.01 Å². The molecule has 2 amide bonds. The van der Waals surface area contributed by atoms with Crippen molar-refractivity contribution in [1.82, 2.24) is 10.3 Å². The molecule has 0 spiro atoms. The fourth-order valence-corrected chi connectivity index (χ4v) is 3.40. The summed E-state index contributed by atoms with van der Waals surface area (Å²) in [5.41, 5.74) is 3.67. The molecule has 0 saturated carbocycles. The maximum Gasteiger partial charge on any atom is 0.244 e. The quantitative estimate of drug-likeness (QED) is 0.678. The molecule has 0 saturated heterocycles. The minimum Gasteiger partial charge on any atom is -0.343 e. The molecule has 2 aromatic carbocycles. The van der Waals surface area contributed by atoms with Gasteiger partial charge in [-0.1, -0.05) is 30.3 Å². The van der Waals surface area contributed by atoms with Crippen molar-refractivity contribution in [2.75, 3.05) is 11.9 Å². The third-order valence-electron chi connectivity index (χ3n) is 3.86. The molecule has 132 valence electrons. The summed E-state index contributed by atoms with van der Waals surface area (Å²) in [5.74, 6) is -0.593. The number of nitrogens with zero attached hydrogens (tertiary/aromatic N) is 1. The van der Waals surface area contributed by atoms with E-state index in [0.29, 0.717) is 0 Å². The normalized spacial score (nSPS) is 11.0. The lowest BCUT2D eigenvalue weighted by Gasteiger charge is -2.11. The van der Waals surface area contributed by atoms with Crippen LogP contribution in [0.3, 0.4) is 0 Å². The molecule has 2 N–H and O–H groups in total. The number of benzene rings is 2. The molecule has 1 aromatic heterocycles. The first-order chi connectivity index (χ1) is 12.5. The molecule has 0 unspecified atom stereocenters. The van der Waals surface area contributed by atoms with Gasteiger partial charge < -0.3 is 10.6 Å². The molecular formula is C20H19N3O2S. The summed E-state index contributed by atoms with van der Waals surface area (Å²) in [4.78, 5) is 28.4. The van der Waals surface area contributed by atoms with Crippen LogP contribution in [0.25, 0.3) is 16.3 Å². The van der Waals surface area contributed by atoms with Crippen molar-refractivity contribution >= 4 is 45.1 Å². The van der Waals surface area contributed by atoms with Gasteiger partial charge in [-0.2, -0.15) is 0 Å². The minimum absolute atomic E-state index is 0.0865. The van der Waals surface area contributed by atoms with Gasteiger partial charge in [-0.15, -0.1) is 11.3 Å². The number of rotatable bonds is 5. The zero-order valence-electron chi connectivity index (χ0n) is 14.6. The van der Waals surface area contributed by atoms with Gasteiger partial charge in [0.2, 0.25) is 11.8 Å². The van der Waals surface area contributed by atoms with E-state index in [1.807, 2.05) is 56.3 Å². The number of carbonyl (C=O) groups excluding carboxylic acids is 2. The predicted molar refractivity (Wildman–Crippen MR) is 106 cm³/mol. The van der Waals surface area contributed by atoms with Gasteiger partial charge in [-0.25, -0.2) is 4.98 Å². The summed E-state index contributed by atoms with van der Waals surface area (Å²) < 4.78 is 1.07. The van der Waals surface area contributed by atoms with Crippen LogP contribution in [0, 0.1) is 13.8 Å². The topological polar surface area (TPSA) is 71.1 Å². The fraction of sp³-hybridized carbons (Fsp3) is 0.150. The summed E-state index contributed by atoms with van der Waals surface area (Å²) in [7, 11) is 0. The standard InChI is InChI=1S/C20H19N3O2S/c1-13-6-5-7-14(2)20(13)23-18(25)12-21-17(24)10-11-19-22-15-8-3-4-9-16(15)26-19/h3-11H,12H2,1-2H3,(H,21,24)(H,23,25). The number of aromatic nitrogens is 1. The second-order valence-corrected chi connectivity index (χ2v) is 6.95. The van der Waals surface area contributed by atoms with Gasteiger partial charge in [0.15, 0.2) is 0 Å². The molecule has 26 heavy (non-hydrogen) atoms. The molecule has 0 radical (unpaired) electrons. The lowest BCUT2D eigenvalue weighted by Crippen LogP contribution is -2.32. The maximum atomic E-state index is 12.1. The van der Waals surface area contributed by atoms with Crippen molar-refractivity contribution in [2.24, 2.45) is 0 Å². The van der Waals surface area contributed by atoms with Crippen molar-refractivity contribution in [3.8, 4) is 0 Å². The van der Waals surface area contributed by atoms with Crippen LogP contribution in [0.1, 0.15) is 16.1 Å². The van der Waals surface area contributed by atoms with E-state index in [1.165, 1.54) is 17.4 Å². The summed E-state index contributed by atoms with van der Waals surface area (Å²) >= 11 is 1.51. The monoisotopic (exact) mass is 365 g/mol. The number of aryl methyl sites for hydroxylation is 2. The first-order valence-electron chi connectivity index (χ1n) is 8.20. The number of anilines is 1. The van der Waals surface area contributed by atoms with Gasteiger partial charge in [0.05, 0.1) is 16.8 Å². The van der Waals surface area contributed by atoms with Crippen LogP contribution in [-0.2, 0) is 9.59 Å². The van der Waals surface area contributed by atoms with E-state index in [1.54, 1.807) is 6.08 Å². The zero-order chi connectivity index (χ0) is 18.5. The molecule has 5 nitrogen and oxygen atoms in total. The molecule has 0 fully saturated rings. The molecule has 3 rings (SSSR count). The number of hydrogen-bond donors (Lipinski definition) is 2. The Labute approximate surface area is 155 Å². The molecule has 0 aliphatic carbocycles. The summed E-state index contributed by atoms with van der Waals surface area (Å²) in [5, 5.41) is 6.17. The number of amides is 2. The third-order valence-corrected chi connectivity index (χ3v) is 4.86. The lowest BCUT2D eigenvalue weighted by atomic mass is 10.1. The first kappa shape index (κ1) is 17.8. The van der Waals surface area contributed by atoms with Crippen molar-refractivity contribution in [3.63, 3.8) is 0 Å². The molecule has 6 heteroatoms. The summed E-state index contributed by atoms with van der Waals surface area (Å²) in [6, 6.07) is 13.6. The maximum absolute atomic E-state index is 12.1. The number of fused-ring (bicyclic) bond motifs is 1. The lowest BCUT2D eigenvalue weighted by molar-refractivity contribution is -0.121. The van der Waals surface area contributed by atoms with Crippen LogP contribution in [0.4, 0.5) is 5.69 Å². The van der Waals surface area contributed by atoms with Gasteiger partial charge in [0.25, 0.3) is 0 Å². The van der Waals surface area contributed by atoms with E-state index >= 15 is 0 Å². The number of carbonyl (C=O) groups is 2. The summed E-state index contributed by atoms with van der Waals surface area (Å²) in [6.07, 6.45) is 3.05. The Balaban J connectivity index is 1.54. The first-order valence-corrected chi connectivity index (χ1v) is 9.02. The molecule has 0 atom stereocenters. The fourth-order valence-electron chi connectivity index (χ4n) is 2.53. The van der Waals surface area contributed by atoms with Crippen LogP contribution in [0.5, 0.6) is 0 Å². The highest BCUT2D eigenvalue weighted by Gasteiger charge is 2.08. The average molecular weight is 365 g/mol. The van der Waals surface area contributed by atoms with Gasteiger partial charge in [-0.05, 0) is 43.2 Å². The Morgan fingerprint density at radius 1 is 1.08 bits per heavy atom. The van der Waals surface area contributed by atoms with E-state index in [0.717, 1.165) is 32.0 Å². The second-order valence-electron chi connectivity index (χ2n) is 5.89. The average Bonchev–Trinajstić information content (AvgIpc) is 3.04. The molecule has 0 bridgehead atoms. The molecular weight excluding hydrogens is 346 g/mol. The predicted octanol–water partition coefficient (Wildman–Crippen LogP) is 3.68. The molecule has 0 aliphatic heterocycles. The van der Waals surface area contributed by atoms with Gasteiger partial charge >= 0.3 is 0 Å². The highest BCUT2D eigenvalue weighted by Crippen LogP contribution is 2.22. The van der Waals surface area contributed by atoms with E-state index in [9.17, 15) is 9.59 Å². The number of nitrogens with one attached hydrogen (secondary N) is 2. The second kappa shape index (κ2) is 7.93. The third kappa shape index (κ3) is 4.34. The Kier molecular flexibility index (Phi) is 5.43. The SMILES string of the molecule is Cc1cccc(C)c1NC(=O)CNC(=O)C=Cc1nc2ccccc2s1. The van der Waals surface area contributed by atoms with E-state index in [4.69, 9.17) is 0 Å². The Morgan fingerprint density at radius 2 is 1.81 bits per heavy atom. The van der Waals surface area contributed by atoms with Crippen molar-refractivity contribution in [1.29, 1.82) is 0 Å². The van der Waals surface area contributed by atoms with Crippen LogP contribution >= 0.6 is 11.3 Å². The van der Waals surface area contributed by atoms with E-state index in [-0.39, 0.29) is 18.4 Å². The zero-order valence-corrected chi connectivity index (χ0v) is 15.4. The van der Waals surface area contributed by atoms with Crippen molar-refractivity contribution in [2.45, 2.75) is 13.8 Å². The Bertz CT molecular complexity index is 938. The van der Waals surface area contributed by atoms with Crippen LogP contribution in [0.15, 0.2) is 48.5 Å². The number of thiazole rings is 1. The largest absolute Gasteiger partial charge is 0.343 e. The Hall–Kier alpha value is -2.99. The summed E-state index contributed by atoms with van der Waals surface area (Å²) in [6.45, 7) is 3.78. The molecule has 3 aromatic rings. The van der Waals surface area contributed by atoms with E-state index < -0.39 is 0 Å². The van der Waals surface area contributed by atoms with Crippen LogP contribution in [0.2, 0.25) is 0 Å². The number of para-hydroxylation sites is 2. The smallest absolute Gasteiger partial charge is 0.244 e. The molecule has 1 heterocycles. The van der Waals surface area contributed by atoms with E-state index in [2.05, 4.69) is 15.6 Å². The Morgan fingerprint density at radius 3 is 2.54 bits per heavy atom. The van der Waals surface area contributed by atoms with Crippen LogP contribution in [-0.4, -0.2) is 23.3 Å². The van der Waals surface area contributed by atoms with Crippen LogP contribution < -0.4 is 10.6 Å². The van der Waals surface area contributed by atoms with Crippen molar-refractivity contribution in [3.05, 3.63) is 64.7 Å². The molecule has 0 aliphatic rings. The number of hydrogen-bond acceptors (Lipinski definition) is 4. The minimum atomic E-state index is -0.332.